The maximum Gasteiger partial charge on any atom is 0.258 e. The first-order valence-corrected chi connectivity index (χ1v) is 4.33. The lowest BCUT2D eigenvalue weighted by Crippen LogP contribution is -2.05. The lowest BCUT2D eigenvalue weighted by molar-refractivity contribution is -0.110. The van der Waals surface area contributed by atoms with Crippen LogP contribution in [0.5, 0.6) is 0 Å². The smallest absolute Gasteiger partial charge is 0.258 e. The molecule has 1 aliphatic heterocycles. The summed E-state index contributed by atoms with van der Waals surface area (Å²) in [5.74, 6) is -1.08. The van der Waals surface area contributed by atoms with Crippen molar-refractivity contribution in [2.75, 3.05) is 5.32 Å². The molecule has 0 atom stereocenters. The first-order valence-electron chi connectivity index (χ1n) is 4.33. The molecule has 1 aromatic rings. The number of anilines is 1. The SMILES string of the molecule is N#CC(C#N)=C1C(=O)Nc2ccc(F)cc21. The highest BCUT2D eigenvalue weighted by atomic mass is 19.1. The van der Waals surface area contributed by atoms with Gasteiger partial charge in [-0.15, -0.1) is 0 Å². The van der Waals surface area contributed by atoms with Crippen LogP contribution >= 0.6 is 0 Å². The van der Waals surface area contributed by atoms with E-state index < -0.39 is 11.7 Å². The summed E-state index contributed by atoms with van der Waals surface area (Å²) < 4.78 is 13.0. The van der Waals surface area contributed by atoms with Crippen molar-refractivity contribution in [3.8, 4) is 12.1 Å². The van der Waals surface area contributed by atoms with Gasteiger partial charge in [-0.3, -0.25) is 4.79 Å². The summed E-state index contributed by atoms with van der Waals surface area (Å²) in [6, 6.07) is 6.95. The Labute approximate surface area is 90.2 Å². The van der Waals surface area contributed by atoms with Crippen LogP contribution in [-0.4, -0.2) is 5.91 Å². The van der Waals surface area contributed by atoms with Crippen molar-refractivity contribution in [1.82, 2.24) is 0 Å². The Balaban J connectivity index is 2.75. The van der Waals surface area contributed by atoms with Gasteiger partial charge in [0.15, 0.2) is 0 Å². The Kier molecular flexibility index (Phi) is 2.15. The molecular formula is C11H4FN3O. The summed E-state index contributed by atoms with van der Waals surface area (Å²) in [4.78, 5) is 11.5. The van der Waals surface area contributed by atoms with E-state index in [4.69, 9.17) is 10.5 Å². The van der Waals surface area contributed by atoms with Gasteiger partial charge < -0.3 is 5.32 Å². The molecule has 0 bridgehead atoms. The van der Waals surface area contributed by atoms with Gasteiger partial charge in [-0.1, -0.05) is 0 Å². The van der Waals surface area contributed by atoms with Crippen molar-refractivity contribution in [2.45, 2.75) is 0 Å². The number of hydrogen-bond acceptors (Lipinski definition) is 3. The predicted octanol–water partition coefficient (Wildman–Crippen LogP) is 1.58. The molecule has 4 nitrogen and oxygen atoms in total. The predicted molar refractivity (Wildman–Crippen MR) is 53.2 cm³/mol. The molecule has 0 aliphatic carbocycles. The number of carbonyl (C=O) groups is 1. The number of fused-ring (bicyclic) bond motifs is 1. The molecule has 0 saturated heterocycles. The molecule has 1 N–H and O–H groups in total. The highest BCUT2D eigenvalue weighted by Gasteiger charge is 2.28. The summed E-state index contributed by atoms with van der Waals surface area (Å²) in [6.45, 7) is 0. The molecule has 1 amide bonds. The van der Waals surface area contributed by atoms with Crippen LogP contribution in [0, 0.1) is 28.5 Å². The van der Waals surface area contributed by atoms with Gasteiger partial charge in [0.25, 0.3) is 5.91 Å². The molecule has 2 rings (SSSR count). The zero-order valence-corrected chi connectivity index (χ0v) is 7.91. The number of hydrogen-bond donors (Lipinski definition) is 1. The van der Waals surface area contributed by atoms with Crippen LogP contribution in [0.3, 0.4) is 0 Å². The normalized spacial score (nSPS) is 12.4. The molecule has 76 valence electrons. The molecule has 16 heavy (non-hydrogen) atoms. The molecule has 1 aliphatic rings. The summed E-state index contributed by atoms with van der Waals surface area (Å²) in [5, 5.41) is 19.8. The van der Waals surface area contributed by atoms with E-state index in [0.29, 0.717) is 5.69 Å². The number of benzene rings is 1. The summed E-state index contributed by atoms with van der Waals surface area (Å²) >= 11 is 0. The fourth-order valence-electron chi connectivity index (χ4n) is 1.52. The molecule has 0 fully saturated rings. The van der Waals surface area contributed by atoms with Crippen molar-refractivity contribution in [3.05, 3.63) is 35.2 Å². The Morgan fingerprint density at radius 1 is 1.31 bits per heavy atom. The van der Waals surface area contributed by atoms with Crippen LogP contribution in [0.4, 0.5) is 10.1 Å². The molecule has 0 spiro atoms. The average molecular weight is 213 g/mol. The number of rotatable bonds is 0. The number of carbonyl (C=O) groups excluding carboxylic acids is 1. The minimum Gasteiger partial charge on any atom is -0.321 e. The third-order valence-corrected chi connectivity index (χ3v) is 2.20. The molecular weight excluding hydrogens is 209 g/mol. The number of nitrogens with one attached hydrogen (secondary N) is 1. The molecule has 0 unspecified atom stereocenters. The van der Waals surface area contributed by atoms with Crippen LogP contribution in [0.25, 0.3) is 5.57 Å². The third-order valence-electron chi connectivity index (χ3n) is 2.20. The lowest BCUT2D eigenvalue weighted by Gasteiger charge is -1.97. The van der Waals surface area contributed by atoms with Crippen molar-refractivity contribution in [1.29, 1.82) is 10.5 Å². The Hall–Kier alpha value is -2.66. The minimum absolute atomic E-state index is 0.0699. The molecule has 1 aromatic carbocycles. The highest BCUT2D eigenvalue weighted by Crippen LogP contribution is 2.33. The van der Waals surface area contributed by atoms with Gasteiger partial charge in [0.05, 0.1) is 5.57 Å². The van der Waals surface area contributed by atoms with E-state index in [9.17, 15) is 9.18 Å². The van der Waals surface area contributed by atoms with Gasteiger partial charge in [-0.25, -0.2) is 4.39 Å². The zero-order valence-electron chi connectivity index (χ0n) is 7.91. The molecule has 0 radical (unpaired) electrons. The van der Waals surface area contributed by atoms with Gasteiger partial charge in [-0.2, -0.15) is 10.5 Å². The van der Waals surface area contributed by atoms with E-state index in [1.165, 1.54) is 12.1 Å². The maximum absolute atomic E-state index is 13.0. The summed E-state index contributed by atoms with van der Waals surface area (Å²) in [5.41, 5.74) is 0.272. The minimum atomic E-state index is -0.557. The third kappa shape index (κ3) is 1.32. The Morgan fingerprint density at radius 2 is 2.00 bits per heavy atom. The van der Waals surface area contributed by atoms with Gasteiger partial charge in [-0.05, 0) is 18.2 Å². The van der Waals surface area contributed by atoms with Crippen LogP contribution < -0.4 is 5.32 Å². The number of nitrogens with zero attached hydrogens (tertiary/aromatic N) is 2. The van der Waals surface area contributed by atoms with Crippen molar-refractivity contribution >= 4 is 17.2 Å². The van der Waals surface area contributed by atoms with E-state index in [1.54, 1.807) is 12.1 Å². The van der Waals surface area contributed by atoms with Gasteiger partial charge >= 0.3 is 0 Å². The average Bonchev–Trinajstić information content (AvgIpc) is 2.58. The van der Waals surface area contributed by atoms with Gasteiger partial charge in [0, 0.05) is 11.3 Å². The number of allylic oxidation sites excluding steroid dienone is 1. The summed E-state index contributed by atoms with van der Waals surface area (Å²) in [6.07, 6.45) is 0. The van der Waals surface area contributed by atoms with Crippen LogP contribution in [0.1, 0.15) is 5.56 Å². The first-order chi connectivity index (χ1) is 7.67. The molecule has 1 heterocycles. The van der Waals surface area contributed by atoms with Crippen LogP contribution in [0.2, 0.25) is 0 Å². The zero-order chi connectivity index (χ0) is 11.7. The fourth-order valence-corrected chi connectivity index (χ4v) is 1.52. The van der Waals surface area contributed by atoms with Crippen molar-refractivity contribution in [2.24, 2.45) is 0 Å². The van der Waals surface area contributed by atoms with Gasteiger partial charge in [0.1, 0.15) is 23.5 Å². The number of amides is 1. The second kappa shape index (κ2) is 3.48. The maximum atomic E-state index is 13.0. The van der Waals surface area contributed by atoms with E-state index in [0.717, 1.165) is 6.07 Å². The lowest BCUT2D eigenvalue weighted by atomic mass is 10.0. The molecule has 0 aromatic heterocycles. The fraction of sp³-hybridized carbons (Fsp3) is 0. The number of nitriles is 2. The van der Waals surface area contributed by atoms with Crippen LogP contribution in [-0.2, 0) is 4.79 Å². The van der Waals surface area contributed by atoms with E-state index in [2.05, 4.69) is 5.32 Å². The Morgan fingerprint density at radius 3 is 2.62 bits per heavy atom. The quantitative estimate of drug-likeness (QED) is 0.525. The van der Waals surface area contributed by atoms with Gasteiger partial charge in [0.2, 0.25) is 0 Å². The van der Waals surface area contributed by atoms with Crippen molar-refractivity contribution < 1.29 is 9.18 Å². The monoisotopic (exact) mass is 213 g/mol. The topological polar surface area (TPSA) is 76.7 Å². The highest BCUT2D eigenvalue weighted by molar-refractivity contribution is 6.33. The number of halogens is 1. The molecule has 0 saturated carbocycles. The van der Waals surface area contributed by atoms with Crippen LogP contribution in [0.15, 0.2) is 23.8 Å². The van der Waals surface area contributed by atoms with E-state index in [-0.39, 0.29) is 16.7 Å². The standard InChI is InChI=1S/C11H4FN3O/c12-7-1-2-9-8(3-7)10(11(16)15-9)6(4-13)5-14/h1-3H,(H,15,16). The summed E-state index contributed by atoms with van der Waals surface area (Å²) in [7, 11) is 0. The van der Waals surface area contributed by atoms with Crippen molar-refractivity contribution in [3.63, 3.8) is 0 Å². The molecule has 5 heteroatoms. The van der Waals surface area contributed by atoms with E-state index in [1.807, 2.05) is 0 Å². The Bertz CT molecular complexity index is 589. The second-order valence-corrected chi connectivity index (χ2v) is 3.12. The van der Waals surface area contributed by atoms with E-state index >= 15 is 0 Å². The first kappa shape index (κ1) is 9.88. The second-order valence-electron chi connectivity index (χ2n) is 3.12. The largest absolute Gasteiger partial charge is 0.321 e.